The Morgan fingerprint density at radius 1 is 1.06 bits per heavy atom. The summed E-state index contributed by atoms with van der Waals surface area (Å²) in [6, 6.07) is 6.20. The maximum absolute atomic E-state index is 15.8. The smallest absolute Gasteiger partial charge is 0.236 e. The largest absolute Gasteiger partial charge is 0.361 e. The number of anilines is 1. The molecule has 4 aromatic rings. The molecule has 2 aromatic heterocycles. The number of halogens is 3. The van der Waals surface area contributed by atoms with Crippen LogP contribution in [-0.2, 0) is 15.7 Å². The summed E-state index contributed by atoms with van der Waals surface area (Å²) < 4.78 is 72.0. The molecule has 0 bridgehead atoms. The minimum atomic E-state index is -3.74. The Hall–Kier alpha value is -3.27. The summed E-state index contributed by atoms with van der Waals surface area (Å²) in [4.78, 5) is 0. The Morgan fingerprint density at radius 2 is 1.81 bits per heavy atom. The summed E-state index contributed by atoms with van der Waals surface area (Å²) in [6.45, 7) is 3.64. The van der Waals surface area contributed by atoms with Crippen molar-refractivity contribution in [2.45, 2.75) is 19.5 Å². The quantitative estimate of drug-likeness (QED) is 0.492. The molecule has 3 heterocycles. The number of rotatable bonds is 2. The third-order valence-corrected chi connectivity index (χ3v) is 6.48. The zero-order valence-corrected chi connectivity index (χ0v) is 17.6. The van der Waals surface area contributed by atoms with Crippen molar-refractivity contribution in [3.8, 4) is 22.4 Å². The van der Waals surface area contributed by atoms with Gasteiger partial charge in [-0.15, -0.1) is 0 Å². The highest BCUT2D eigenvalue weighted by Gasteiger charge is 2.34. The Morgan fingerprint density at radius 3 is 2.52 bits per heavy atom. The third kappa shape index (κ3) is 2.78. The van der Waals surface area contributed by atoms with Crippen LogP contribution >= 0.6 is 0 Å². The van der Waals surface area contributed by atoms with Crippen LogP contribution in [0.5, 0.6) is 0 Å². The molecule has 0 fully saturated rings. The normalized spacial score (nSPS) is 14.9. The highest BCUT2D eigenvalue weighted by molar-refractivity contribution is 7.89. The third-order valence-electron chi connectivity index (χ3n) is 5.45. The monoisotopic (exact) mass is 446 g/mol. The van der Waals surface area contributed by atoms with Crippen LogP contribution in [-0.4, -0.2) is 28.4 Å². The number of nitrogens with one attached hydrogen (secondary N) is 1. The fraction of sp³-hybridized carbons (Fsp3) is 0.190. The highest BCUT2D eigenvalue weighted by atomic mass is 32.2. The number of fused-ring (bicyclic) bond motifs is 4. The van der Waals surface area contributed by atoms with E-state index >= 15 is 8.78 Å². The van der Waals surface area contributed by atoms with Crippen molar-refractivity contribution in [1.29, 1.82) is 0 Å². The first kappa shape index (κ1) is 19.7. The van der Waals surface area contributed by atoms with Crippen LogP contribution in [0.15, 0.2) is 42.7 Å². The van der Waals surface area contributed by atoms with Crippen LogP contribution in [0.3, 0.4) is 0 Å². The molecule has 0 spiro atoms. The second-order valence-electron chi connectivity index (χ2n) is 8.04. The second kappa shape index (κ2) is 6.13. The first-order valence-corrected chi connectivity index (χ1v) is 11.2. The SMILES string of the molecule is CC1(C)Nc2cc(F)c(-c3cc(F)cc4c3ccn4S(C)(=O)=O)c(F)c2-c2ccnn21. The van der Waals surface area contributed by atoms with Gasteiger partial charge in [-0.25, -0.2) is 30.2 Å². The first-order valence-electron chi connectivity index (χ1n) is 9.35. The molecule has 0 saturated carbocycles. The van der Waals surface area contributed by atoms with E-state index in [1.165, 1.54) is 18.5 Å². The number of benzene rings is 2. The van der Waals surface area contributed by atoms with Crippen molar-refractivity contribution in [1.82, 2.24) is 13.8 Å². The average molecular weight is 446 g/mol. The van der Waals surface area contributed by atoms with E-state index in [1.807, 2.05) is 13.8 Å². The summed E-state index contributed by atoms with van der Waals surface area (Å²) in [5.41, 5.74) is -0.441. The predicted molar refractivity (Wildman–Crippen MR) is 112 cm³/mol. The minimum absolute atomic E-state index is 0.00155. The van der Waals surface area contributed by atoms with E-state index in [0.29, 0.717) is 5.69 Å². The zero-order valence-electron chi connectivity index (χ0n) is 16.7. The van der Waals surface area contributed by atoms with Gasteiger partial charge in [-0.1, -0.05) is 0 Å². The zero-order chi connectivity index (χ0) is 22.3. The molecular formula is C21H17F3N4O2S. The molecule has 1 aliphatic heterocycles. The fourth-order valence-corrected chi connectivity index (χ4v) is 5.01. The molecule has 1 N–H and O–H groups in total. The summed E-state index contributed by atoms with van der Waals surface area (Å²) in [7, 11) is -3.74. The van der Waals surface area contributed by atoms with Gasteiger partial charge in [-0.3, -0.25) is 0 Å². The highest BCUT2D eigenvalue weighted by Crippen LogP contribution is 2.45. The molecule has 0 aliphatic carbocycles. The van der Waals surface area contributed by atoms with Gasteiger partial charge in [-0.05, 0) is 49.7 Å². The molecule has 0 radical (unpaired) electrons. The molecular weight excluding hydrogens is 429 g/mol. The first-order chi connectivity index (χ1) is 14.5. The van der Waals surface area contributed by atoms with E-state index in [2.05, 4.69) is 10.4 Å². The van der Waals surface area contributed by atoms with Crippen molar-refractivity contribution in [3.05, 3.63) is 60.2 Å². The number of hydrogen-bond acceptors (Lipinski definition) is 4. The van der Waals surface area contributed by atoms with Gasteiger partial charge in [-0.2, -0.15) is 5.10 Å². The van der Waals surface area contributed by atoms with Crippen LogP contribution < -0.4 is 5.32 Å². The fourth-order valence-electron chi connectivity index (χ4n) is 4.22. The van der Waals surface area contributed by atoms with Crippen LogP contribution in [0.1, 0.15) is 13.8 Å². The van der Waals surface area contributed by atoms with Crippen molar-refractivity contribution >= 4 is 26.6 Å². The lowest BCUT2D eigenvalue weighted by Gasteiger charge is -2.35. The molecule has 0 saturated heterocycles. The number of nitrogens with zero attached hydrogens (tertiary/aromatic N) is 3. The van der Waals surface area contributed by atoms with Crippen LogP contribution in [0.25, 0.3) is 33.3 Å². The molecule has 31 heavy (non-hydrogen) atoms. The summed E-state index contributed by atoms with van der Waals surface area (Å²) in [5, 5.41) is 7.52. The topological polar surface area (TPSA) is 68.9 Å². The van der Waals surface area contributed by atoms with E-state index in [4.69, 9.17) is 0 Å². The van der Waals surface area contributed by atoms with Gasteiger partial charge in [0.05, 0.1) is 34.3 Å². The van der Waals surface area contributed by atoms with E-state index < -0.39 is 38.7 Å². The van der Waals surface area contributed by atoms with Crippen LogP contribution in [0.2, 0.25) is 0 Å². The van der Waals surface area contributed by atoms with Gasteiger partial charge >= 0.3 is 0 Å². The van der Waals surface area contributed by atoms with E-state index in [0.717, 1.165) is 28.4 Å². The molecule has 160 valence electrons. The van der Waals surface area contributed by atoms with Crippen molar-refractivity contribution in [2.75, 3.05) is 11.6 Å². The summed E-state index contributed by atoms with van der Waals surface area (Å²) in [5.74, 6) is -2.60. The van der Waals surface area contributed by atoms with Gasteiger partial charge in [0.2, 0.25) is 10.0 Å². The van der Waals surface area contributed by atoms with Crippen molar-refractivity contribution in [3.63, 3.8) is 0 Å². The molecule has 0 unspecified atom stereocenters. The standard InChI is InChI=1S/C21H17F3N4O2S/c1-21(2)26-15-10-14(23)18(20(24)19(15)16-4-6-25-28(16)21)13-8-11(22)9-17-12(13)5-7-27(17)31(3,29)30/h4-10,26H,1-3H3. The van der Waals surface area contributed by atoms with Gasteiger partial charge in [0.25, 0.3) is 0 Å². The lowest BCUT2D eigenvalue weighted by atomic mass is 9.94. The van der Waals surface area contributed by atoms with Crippen molar-refractivity contribution in [2.24, 2.45) is 0 Å². The molecule has 10 heteroatoms. The van der Waals surface area contributed by atoms with Crippen molar-refractivity contribution < 1.29 is 21.6 Å². The maximum atomic E-state index is 15.8. The maximum Gasteiger partial charge on any atom is 0.236 e. The molecule has 5 rings (SSSR count). The second-order valence-corrected chi connectivity index (χ2v) is 9.90. The Labute approximate surface area is 176 Å². The Bertz CT molecular complexity index is 1500. The Balaban J connectivity index is 1.85. The van der Waals surface area contributed by atoms with Gasteiger partial charge in [0.1, 0.15) is 23.1 Å². The summed E-state index contributed by atoms with van der Waals surface area (Å²) in [6.07, 6.45) is 3.71. The van der Waals surface area contributed by atoms with E-state index in [1.54, 1.807) is 10.7 Å². The van der Waals surface area contributed by atoms with Gasteiger partial charge < -0.3 is 5.32 Å². The van der Waals surface area contributed by atoms with E-state index in [9.17, 15) is 12.8 Å². The lowest BCUT2D eigenvalue weighted by molar-refractivity contribution is 0.367. The molecule has 0 amide bonds. The molecule has 6 nitrogen and oxygen atoms in total. The van der Waals surface area contributed by atoms with Gasteiger partial charge in [0.15, 0.2) is 0 Å². The van der Waals surface area contributed by atoms with E-state index in [-0.39, 0.29) is 27.7 Å². The average Bonchev–Trinajstić information content (AvgIpc) is 3.27. The number of hydrogen-bond donors (Lipinski definition) is 1. The van der Waals surface area contributed by atoms with Gasteiger partial charge in [0, 0.05) is 17.8 Å². The lowest BCUT2D eigenvalue weighted by Crippen LogP contribution is -2.39. The predicted octanol–water partition coefficient (Wildman–Crippen LogP) is 4.51. The van der Waals surface area contributed by atoms with Crippen LogP contribution in [0, 0.1) is 17.5 Å². The Kier molecular flexibility index (Phi) is 3.89. The number of aromatic nitrogens is 3. The minimum Gasteiger partial charge on any atom is -0.361 e. The molecule has 2 aromatic carbocycles. The van der Waals surface area contributed by atoms with Crippen LogP contribution in [0.4, 0.5) is 18.9 Å². The summed E-state index contributed by atoms with van der Waals surface area (Å²) >= 11 is 0. The molecule has 1 aliphatic rings. The molecule has 0 atom stereocenters.